The van der Waals surface area contributed by atoms with Gasteiger partial charge in [-0.3, -0.25) is 0 Å². The summed E-state index contributed by atoms with van der Waals surface area (Å²) in [6, 6.07) is 8.70. The van der Waals surface area contributed by atoms with E-state index in [2.05, 4.69) is 15.3 Å². The van der Waals surface area contributed by atoms with Crippen LogP contribution in [0.3, 0.4) is 0 Å². The first kappa shape index (κ1) is 14.8. The number of nitrogens with zero attached hydrogens (tertiary/aromatic N) is 2. The second-order valence-electron chi connectivity index (χ2n) is 4.95. The van der Waals surface area contributed by atoms with Gasteiger partial charge >= 0.3 is 5.63 Å². The molecule has 0 saturated heterocycles. The molecule has 7 nitrogen and oxygen atoms in total. The van der Waals surface area contributed by atoms with Crippen molar-refractivity contribution in [1.82, 2.24) is 9.97 Å². The van der Waals surface area contributed by atoms with Gasteiger partial charge in [0.25, 0.3) is 0 Å². The molecule has 0 bridgehead atoms. The SMILES string of the molecule is COc1cccc(NCc2cc(=O)oc3nc(C)nc(O)c23)c1. The molecule has 0 amide bonds. The van der Waals surface area contributed by atoms with Gasteiger partial charge in [0, 0.05) is 24.4 Å². The average molecular weight is 313 g/mol. The van der Waals surface area contributed by atoms with Crippen LogP contribution >= 0.6 is 0 Å². The summed E-state index contributed by atoms with van der Waals surface area (Å²) in [5.74, 6) is 0.837. The third kappa shape index (κ3) is 3.08. The van der Waals surface area contributed by atoms with Crippen LogP contribution in [0.2, 0.25) is 0 Å². The van der Waals surface area contributed by atoms with Crippen molar-refractivity contribution in [2.75, 3.05) is 12.4 Å². The lowest BCUT2D eigenvalue weighted by atomic mass is 10.2. The molecule has 2 aromatic heterocycles. The molecule has 0 saturated carbocycles. The minimum Gasteiger partial charge on any atom is -0.497 e. The Morgan fingerprint density at radius 2 is 2.13 bits per heavy atom. The second-order valence-corrected chi connectivity index (χ2v) is 4.95. The van der Waals surface area contributed by atoms with Crippen LogP contribution in [0.4, 0.5) is 5.69 Å². The van der Waals surface area contributed by atoms with Gasteiger partial charge in [0.2, 0.25) is 11.6 Å². The molecule has 3 aromatic rings. The number of aryl methyl sites for hydroxylation is 1. The van der Waals surface area contributed by atoms with Crippen molar-refractivity contribution in [3.8, 4) is 11.6 Å². The van der Waals surface area contributed by atoms with Gasteiger partial charge in [-0.05, 0) is 24.6 Å². The number of nitrogens with one attached hydrogen (secondary N) is 1. The van der Waals surface area contributed by atoms with Gasteiger partial charge < -0.3 is 19.6 Å². The van der Waals surface area contributed by atoms with Crippen molar-refractivity contribution >= 4 is 16.8 Å². The fraction of sp³-hybridized carbons (Fsp3) is 0.188. The summed E-state index contributed by atoms with van der Waals surface area (Å²) in [6.07, 6.45) is 0. The Labute approximate surface area is 131 Å². The van der Waals surface area contributed by atoms with E-state index in [1.807, 2.05) is 24.3 Å². The Kier molecular flexibility index (Phi) is 3.84. The fourth-order valence-electron chi connectivity index (χ4n) is 2.30. The Balaban J connectivity index is 1.97. The highest BCUT2D eigenvalue weighted by atomic mass is 16.5. The summed E-state index contributed by atoms with van der Waals surface area (Å²) in [5, 5.41) is 13.5. The molecule has 0 radical (unpaired) electrons. The third-order valence-electron chi connectivity index (χ3n) is 3.33. The predicted octanol–water partition coefficient (Wildman–Crippen LogP) is 2.22. The molecule has 0 aliphatic rings. The molecule has 23 heavy (non-hydrogen) atoms. The van der Waals surface area contributed by atoms with Gasteiger partial charge in [-0.1, -0.05) is 6.07 Å². The van der Waals surface area contributed by atoms with E-state index in [4.69, 9.17) is 9.15 Å². The van der Waals surface area contributed by atoms with Crippen molar-refractivity contribution in [2.45, 2.75) is 13.5 Å². The minimum absolute atomic E-state index is 0.0740. The van der Waals surface area contributed by atoms with E-state index in [1.165, 1.54) is 6.07 Å². The largest absolute Gasteiger partial charge is 0.497 e. The van der Waals surface area contributed by atoms with E-state index >= 15 is 0 Å². The first-order valence-corrected chi connectivity index (χ1v) is 6.95. The van der Waals surface area contributed by atoms with Crippen LogP contribution in [-0.2, 0) is 6.54 Å². The number of fused-ring (bicyclic) bond motifs is 1. The molecule has 2 N–H and O–H groups in total. The number of ether oxygens (including phenoxy) is 1. The molecular weight excluding hydrogens is 298 g/mol. The van der Waals surface area contributed by atoms with Crippen LogP contribution in [0, 0.1) is 6.92 Å². The van der Waals surface area contributed by atoms with Crippen LogP contribution < -0.4 is 15.7 Å². The molecule has 118 valence electrons. The number of methoxy groups -OCH3 is 1. The summed E-state index contributed by atoms with van der Waals surface area (Å²) in [6.45, 7) is 1.91. The van der Waals surface area contributed by atoms with E-state index in [9.17, 15) is 9.90 Å². The van der Waals surface area contributed by atoms with Gasteiger partial charge in [0.1, 0.15) is 17.0 Å². The van der Waals surface area contributed by atoms with Gasteiger partial charge in [-0.25, -0.2) is 4.79 Å². The second kappa shape index (κ2) is 5.96. The maximum absolute atomic E-state index is 11.7. The van der Waals surface area contributed by atoms with Gasteiger partial charge in [0.15, 0.2) is 0 Å². The monoisotopic (exact) mass is 313 g/mol. The number of benzene rings is 1. The molecule has 0 aliphatic heterocycles. The molecule has 0 unspecified atom stereocenters. The first-order chi connectivity index (χ1) is 11.1. The van der Waals surface area contributed by atoms with Gasteiger partial charge in [0.05, 0.1) is 7.11 Å². The normalized spacial score (nSPS) is 10.7. The molecule has 0 aliphatic carbocycles. The van der Waals surface area contributed by atoms with Crippen LogP contribution in [0.1, 0.15) is 11.4 Å². The molecule has 0 spiro atoms. The number of aromatic nitrogens is 2. The third-order valence-corrected chi connectivity index (χ3v) is 3.33. The highest BCUT2D eigenvalue weighted by Crippen LogP contribution is 2.25. The lowest BCUT2D eigenvalue weighted by Gasteiger charge is -2.10. The Bertz CT molecular complexity index is 921. The van der Waals surface area contributed by atoms with Crippen LogP contribution in [0.5, 0.6) is 11.6 Å². The highest BCUT2D eigenvalue weighted by molar-refractivity contribution is 5.82. The van der Waals surface area contributed by atoms with Crippen molar-refractivity contribution in [2.24, 2.45) is 0 Å². The van der Waals surface area contributed by atoms with Crippen molar-refractivity contribution in [3.05, 3.63) is 52.1 Å². The van der Waals surface area contributed by atoms with E-state index < -0.39 is 5.63 Å². The molecule has 0 fully saturated rings. The summed E-state index contributed by atoms with van der Waals surface area (Å²) < 4.78 is 10.2. The maximum atomic E-state index is 11.7. The molecule has 0 atom stereocenters. The fourth-order valence-corrected chi connectivity index (χ4v) is 2.30. The summed E-state index contributed by atoms with van der Waals surface area (Å²) >= 11 is 0. The van der Waals surface area contributed by atoms with Crippen molar-refractivity contribution < 1.29 is 14.3 Å². The smallest absolute Gasteiger partial charge is 0.337 e. The van der Waals surface area contributed by atoms with E-state index in [1.54, 1.807) is 14.0 Å². The maximum Gasteiger partial charge on any atom is 0.337 e. The Morgan fingerprint density at radius 1 is 1.30 bits per heavy atom. The number of hydrogen-bond donors (Lipinski definition) is 2. The summed E-state index contributed by atoms with van der Waals surface area (Å²) in [4.78, 5) is 19.6. The quantitative estimate of drug-likeness (QED) is 0.762. The van der Waals surface area contributed by atoms with Gasteiger partial charge in [-0.2, -0.15) is 9.97 Å². The first-order valence-electron chi connectivity index (χ1n) is 6.95. The zero-order valence-corrected chi connectivity index (χ0v) is 12.7. The van der Waals surface area contributed by atoms with Crippen LogP contribution in [0.15, 0.2) is 39.5 Å². The number of aromatic hydroxyl groups is 1. The average Bonchev–Trinajstić information content (AvgIpc) is 2.51. The van der Waals surface area contributed by atoms with Gasteiger partial charge in [-0.15, -0.1) is 0 Å². The predicted molar refractivity (Wildman–Crippen MR) is 84.8 cm³/mol. The molecule has 1 aromatic carbocycles. The Hall–Kier alpha value is -3.09. The molecular formula is C16H15N3O4. The lowest BCUT2D eigenvalue weighted by Crippen LogP contribution is -2.07. The Morgan fingerprint density at radius 3 is 2.91 bits per heavy atom. The number of rotatable bonds is 4. The highest BCUT2D eigenvalue weighted by Gasteiger charge is 2.13. The standard InChI is InChI=1S/C16H15N3O4/c1-9-18-15(21)14-10(6-13(20)23-16(14)19-9)8-17-11-4-3-5-12(7-11)22-2/h3-7,17H,8H2,1-2H3,(H,18,19,21). The summed E-state index contributed by atoms with van der Waals surface area (Å²) in [7, 11) is 1.59. The lowest BCUT2D eigenvalue weighted by molar-refractivity contribution is 0.415. The van der Waals surface area contributed by atoms with Crippen molar-refractivity contribution in [3.63, 3.8) is 0 Å². The number of hydrogen-bond acceptors (Lipinski definition) is 7. The van der Waals surface area contributed by atoms with Crippen molar-refractivity contribution in [1.29, 1.82) is 0 Å². The number of anilines is 1. The van der Waals surface area contributed by atoms with E-state index in [0.29, 0.717) is 29.1 Å². The molecule has 7 heteroatoms. The topological polar surface area (TPSA) is 97.5 Å². The van der Waals surface area contributed by atoms with Crippen LogP contribution in [-0.4, -0.2) is 22.2 Å². The summed E-state index contributed by atoms with van der Waals surface area (Å²) in [5.41, 5.74) is 0.914. The minimum atomic E-state index is -0.530. The molecule has 2 heterocycles. The molecule has 3 rings (SSSR count). The van der Waals surface area contributed by atoms with E-state index in [0.717, 1.165) is 5.69 Å². The van der Waals surface area contributed by atoms with Crippen LogP contribution in [0.25, 0.3) is 11.1 Å². The zero-order valence-electron chi connectivity index (χ0n) is 12.7. The van der Waals surface area contributed by atoms with E-state index in [-0.39, 0.29) is 11.6 Å². The zero-order chi connectivity index (χ0) is 16.4.